The zero-order valence-corrected chi connectivity index (χ0v) is 11.5. The van der Waals surface area contributed by atoms with Crippen LogP contribution in [0.15, 0.2) is 12.4 Å². The highest BCUT2D eigenvalue weighted by Crippen LogP contribution is 2.12. The van der Waals surface area contributed by atoms with E-state index in [4.69, 9.17) is 0 Å². The van der Waals surface area contributed by atoms with Gasteiger partial charge in [-0.25, -0.2) is 4.98 Å². The molecule has 0 bridgehead atoms. The van der Waals surface area contributed by atoms with Gasteiger partial charge in [0.05, 0.1) is 0 Å². The van der Waals surface area contributed by atoms with E-state index in [1.54, 1.807) is 0 Å². The van der Waals surface area contributed by atoms with Crippen molar-refractivity contribution in [3.63, 3.8) is 0 Å². The standard InChI is InChI=1S/C15H28N2/c1-14(2)10-8-6-4-3-5-7-9-11-15-16-12-13-17-15/h12-14H,3-11H2,1-2H3,(H,16,17). The third-order valence-corrected chi connectivity index (χ3v) is 3.25. The molecule has 0 aliphatic carbocycles. The van der Waals surface area contributed by atoms with Crippen LogP contribution in [0.2, 0.25) is 0 Å². The first-order valence-electron chi connectivity index (χ1n) is 7.27. The van der Waals surface area contributed by atoms with Crippen molar-refractivity contribution in [2.45, 2.75) is 71.6 Å². The number of nitrogens with one attached hydrogen (secondary N) is 1. The summed E-state index contributed by atoms with van der Waals surface area (Å²) in [6.07, 6.45) is 16.0. The van der Waals surface area contributed by atoms with Gasteiger partial charge in [-0.1, -0.05) is 58.8 Å². The SMILES string of the molecule is CC(C)CCCCCCCCCc1ncc[nH]1. The molecular weight excluding hydrogens is 208 g/mol. The predicted octanol–water partition coefficient (Wildman–Crippen LogP) is 4.73. The van der Waals surface area contributed by atoms with Crippen LogP contribution in [-0.4, -0.2) is 9.97 Å². The van der Waals surface area contributed by atoms with E-state index in [2.05, 4.69) is 23.8 Å². The van der Waals surface area contributed by atoms with E-state index >= 15 is 0 Å². The Hall–Kier alpha value is -0.790. The minimum atomic E-state index is 0.878. The second-order valence-corrected chi connectivity index (χ2v) is 5.44. The molecule has 0 aliphatic rings. The van der Waals surface area contributed by atoms with Gasteiger partial charge in [0.2, 0.25) is 0 Å². The molecule has 1 rings (SSSR count). The van der Waals surface area contributed by atoms with Crippen LogP contribution in [0.3, 0.4) is 0 Å². The van der Waals surface area contributed by atoms with Crippen LogP contribution in [-0.2, 0) is 6.42 Å². The maximum atomic E-state index is 4.24. The number of hydrogen-bond acceptors (Lipinski definition) is 1. The van der Waals surface area contributed by atoms with Crippen LogP contribution in [0.1, 0.15) is 71.0 Å². The molecule has 0 unspecified atom stereocenters. The number of aromatic nitrogens is 2. The normalized spacial score (nSPS) is 11.2. The number of aromatic amines is 1. The van der Waals surface area contributed by atoms with E-state index < -0.39 is 0 Å². The summed E-state index contributed by atoms with van der Waals surface area (Å²) in [4.78, 5) is 7.39. The van der Waals surface area contributed by atoms with Gasteiger partial charge >= 0.3 is 0 Å². The van der Waals surface area contributed by atoms with Gasteiger partial charge in [-0.2, -0.15) is 0 Å². The summed E-state index contributed by atoms with van der Waals surface area (Å²) in [6, 6.07) is 0. The highest BCUT2D eigenvalue weighted by molar-refractivity contribution is 4.86. The molecule has 1 aromatic heterocycles. The molecule has 0 saturated carbocycles. The molecule has 1 N–H and O–H groups in total. The number of imidazole rings is 1. The van der Waals surface area contributed by atoms with Crippen molar-refractivity contribution in [3.05, 3.63) is 18.2 Å². The molecule has 1 heterocycles. The Bertz CT molecular complexity index is 252. The Morgan fingerprint density at radius 3 is 2.24 bits per heavy atom. The number of rotatable bonds is 10. The maximum absolute atomic E-state index is 4.24. The van der Waals surface area contributed by atoms with Gasteiger partial charge < -0.3 is 4.98 Å². The van der Waals surface area contributed by atoms with Crippen molar-refractivity contribution in [2.24, 2.45) is 5.92 Å². The van der Waals surface area contributed by atoms with Gasteiger partial charge in [0.1, 0.15) is 5.82 Å². The van der Waals surface area contributed by atoms with Gasteiger partial charge in [0, 0.05) is 18.8 Å². The van der Waals surface area contributed by atoms with Crippen molar-refractivity contribution in [1.82, 2.24) is 9.97 Å². The minimum Gasteiger partial charge on any atom is -0.349 e. The molecule has 98 valence electrons. The zero-order chi connectivity index (χ0) is 12.3. The van der Waals surface area contributed by atoms with Crippen LogP contribution in [0.5, 0.6) is 0 Å². The van der Waals surface area contributed by atoms with E-state index in [-0.39, 0.29) is 0 Å². The third-order valence-electron chi connectivity index (χ3n) is 3.25. The van der Waals surface area contributed by atoms with E-state index in [1.165, 1.54) is 51.4 Å². The lowest BCUT2D eigenvalue weighted by molar-refractivity contribution is 0.508. The Morgan fingerprint density at radius 1 is 1.00 bits per heavy atom. The van der Waals surface area contributed by atoms with Gasteiger partial charge in [-0.3, -0.25) is 0 Å². The summed E-state index contributed by atoms with van der Waals surface area (Å²) in [5.74, 6) is 2.02. The Balaban J connectivity index is 1.79. The van der Waals surface area contributed by atoms with Crippen molar-refractivity contribution in [2.75, 3.05) is 0 Å². The number of aryl methyl sites for hydroxylation is 1. The topological polar surface area (TPSA) is 28.7 Å². The Morgan fingerprint density at radius 2 is 1.65 bits per heavy atom. The van der Waals surface area contributed by atoms with Crippen LogP contribution in [0.25, 0.3) is 0 Å². The largest absolute Gasteiger partial charge is 0.349 e. The maximum Gasteiger partial charge on any atom is 0.105 e. The lowest BCUT2D eigenvalue weighted by Gasteiger charge is -2.04. The third kappa shape index (κ3) is 8.00. The first-order chi connectivity index (χ1) is 8.29. The highest BCUT2D eigenvalue weighted by atomic mass is 14.9. The Kier molecular flexibility index (Phi) is 7.78. The molecule has 0 aromatic carbocycles. The Labute approximate surface area is 106 Å². The van der Waals surface area contributed by atoms with E-state index in [9.17, 15) is 0 Å². The lowest BCUT2D eigenvalue weighted by Crippen LogP contribution is -1.89. The molecule has 0 spiro atoms. The molecule has 1 aromatic rings. The van der Waals surface area contributed by atoms with Crippen molar-refractivity contribution < 1.29 is 0 Å². The number of unbranched alkanes of at least 4 members (excludes halogenated alkanes) is 6. The van der Waals surface area contributed by atoms with Gasteiger partial charge in [0.25, 0.3) is 0 Å². The summed E-state index contributed by atoms with van der Waals surface area (Å²) < 4.78 is 0. The van der Waals surface area contributed by atoms with Gasteiger partial charge in [-0.05, 0) is 12.3 Å². The monoisotopic (exact) mass is 236 g/mol. The summed E-state index contributed by atoms with van der Waals surface area (Å²) in [5.41, 5.74) is 0. The smallest absolute Gasteiger partial charge is 0.105 e. The van der Waals surface area contributed by atoms with Crippen LogP contribution in [0.4, 0.5) is 0 Å². The quantitative estimate of drug-likeness (QED) is 0.585. The van der Waals surface area contributed by atoms with Crippen molar-refractivity contribution in [3.8, 4) is 0 Å². The molecule has 0 radical (unpaired) electrons. The molecule has 17 heavy (non-hydrogen) atoms. The molecule has 0 fully saturated rings. The summed E-state index contributed by atoms with van der Waals surface area (Å²) in [7, 11) is 0. The number of nitrogens with zero attached hydrogens (tertiary/aromatic N) is 1. The molecule has 2 nitrogen and oxygen atoms in total. The number of H-pyrrole nitrogens is 1. The summed E-state index contributed by atoms with van der Waals surface area (Å²) in [6.45, 7) is 4.63. The zero-order valence-electron chi connectivity index (χ0n) is 11.5. The van der Waals surface area contributed by atoms with Crippen LogP contribution >= 0.6 is 0 Å². The van der Waals surface area contributed by atoms with E-state index in [1.807, 2.05) is 12.4 Å². The van der Waals surface area contributed by atoms with Crippen molar-refractivity contribution >= 4 is 0 Å². The highest BCUT2D eigenvalue weighted by Gasteiger charge is 1.96. The predicted molar refractivity (Wildman–Crippen MR) is 74.1 cm³/mol. The fraction of sp³-hybridized carbons (Fsp3) is 0.800. The average Bonchev–Trinajstić information content (AvgIpc) is 2.79. The van der Waals surface area contributed by atoms with E-state index in [0.29, 0.717) is 0 Å². The lowest BCUT2D eigenvalue weighted by atomic mass is 10.0. The second kappa shape index (κ2) is 9.26. The van der Waals surface area contributed by atoms with E-state index in [0.717, 1.165) is 18.2 Å². The van der Waals surface area contributed by atoms with Gasteiger partial charge in [-0.15, -0.1) is 0 Å². The number of hydrogen-bond donors (Lipinski definition) is 1. The first kappa shape index (κ1) is 14.3. The second-order valence-electron chi connectivity index (χ2n) is 5.44. The summed E-state index contributed by atoms with van der Waals surface area (Å²) >= 11 is 0. The fourth-order valence-electron chi connectivity index (χ4n) is 2.16. The minimum absolute atomic E-state index is 0.878. The van der Waals surface area contributed by atoms with Crippen molar-refractivity contribution in [1.29, 1.82) is 0 Å². The molecule has 0 aliphatic heterocycles. The fourth-order valence-corrected chi connectivity index (χ4v) is 2.16. The molecule has 0 saturated heterocycles. The van der Waals surface area contributed by atoms with Crippen LogP contribution < -0.4 is 0 Å². The molecular formula is C15H28N2. The van der Waals surface area contributed by atoms with Gasteiger partial charge in [0.15, 0.2) is 0 Å². The van der Waals surface area contributed by atoms with Crippen LogP contribution in [0, 0.1) is 5.92 Å². The molecule has 2 heteroatoms. The summed E-state index contributed by atoms with van der Waals surface area (Å²) in [5, 5.41) is 0. The average molecular weight is 236 g/mol. The molecule has 0 atom stereocenters. The molecule has 0 amide bonds. The first-order valence-corrected chi connectivity index (χ1v) is 7.27.